The van der Waals surface area contributed by atoms with Gasteiger partial charge in [0.1, 0.15) is 0 Å². The van der Waals surface area contributed by atoms with Gasteiger partial charge in [-0.15, -0.1) is 0 Å². The van der Waals surface area contributed by atoms with E-state index in [1.807, 2.05) is 0 Å². The van der Waals surface area contributed by atoms with Crippen LogP contribution in [0.2, 0.25) is 0 Å². The van der Waals surface area contributed by atoms with Gasteiger partial charge in [0, 0.05) is 12.8 Å². The number of hydrogen-bond acceptors (Lipinski definition) is 5. The third kappa shape index (κ3) is 67.3. The van der Waals surface area contributed by atoms with Gasteiger partial charge < -0.3 is 20.3 Å². The van der Waals surface area contributed by atoms with Gasteiger partial charge in [-0.05, 0) is 77.0 Å². The monoisotopic (exact) mass is 1140 g/mol. The lowest BCUT2D eigenvalue weighted by Gasteiger charge is -2.22. The lowest BCUT2D eigenvalue weighted by Crippen LogP contribution is -2.45. The zero-order valence-electron chi connectivity index (χ0n) is 55.0. The standard InChI is InChI=1S/C75H145NO5/c1-3-5-7-9-11-13-15-17-19-20-21-22-23-25-28-31-34-37-40-43-47-51-55-59-63-67-73(78)72(71-77)76-74(79)68-64-60-56-52-48-44-41-38-35-32-29-26-24-27-30-33-36-39-42-46-50-54-58-62-66-70-81-75(80)69-65-61-57-53-49-45-18-16-14-12-10-8-6-4-2/h16,18,26,29,72-73,77-78H,3-15,17,19-25,27-28,30-71H2,1-2H3,(H,76,79)/b18-16-,29-26-. The predicted molar refractivity (Wildman–Crippen MR) is 356 cm³/mol. The van der Waals surface area contributed by atoms with Crippen LogP contribution in [0.4, 0.5) is 0 Å². The minimum absolute atomic E-state index is 0.00592. The van der Waals surface area contributed by atoms with Crippen LogP contribution in [-0.2, 0) is 14.3 Å². The number of unbranched alkanes of at least 4 members (excludes halogenated alkanes) is 55. The molecule has 0 aromatic heterocycles. The molecule has 0 radical (unpaired) electrons. The minimum atomic E-state index is -0.668. The Bertz CT molecular complexity index is 1270. The van der Waals surface area contributed by atoms with Crippen LogP contribution in [0.1, 0.15) is 418 Å². The largest absolute Gasteiger partial charge is 0.466 e. The highest BCUT2D eigenvalue weighted by Crippen LogP contribution is 2.19. The van der Waals surface area contributed by atoms with Crippen molar-refractivity contribution in [3.8, 4) is 0 Å². The molecule has 480 valence electrons. The van der Waals surface area contributed by atoms with Gasteiger partial charge in [0.05, 0.1) is 25.4 Å². The van der Waals surface area contributed by atoms with Crippen molar-refractivity contribution in [3.05, 3.63) is 24.3 Å². The van der Waals surface area contributed by atoms with E-state index in [9.17, 15) is 19.8 Å². The summed E-state index contributed by atoms with van der Waals surface area (Å²) in [6.07, 6.45) is 89.5. The van der Waals surface area contributed by atoms with Crippen LogP contribution in [0.15, 0.2) is 24.3 Å². The van der Waals surface area contributed by atoms with Crippen LogP contribution in [0, 0.1) is 0 Å². The molecule has 0 aliphatic carbocycles. The molecule has 0 bridgehead atoms. The molecule has 0 aromatic carbocycles. The lowest BCUT2D eigenvalue weighted by molar-refractivity contribution is -0.143. The number of esters is 1. The molecule has 2 unspecified atom stereocenters. The van der Waals surface area contributed by atoms with E-state index in [4.69, 9.17) is 4.74 Å². The number of ether oxygens (including phenoxy) is 1. The normalized spacial score (nSPS) is 12.6. The number of allylic oxidation sites excluding steroid dienone is 4. The highest BCUT2D eigenvalue weighted by Gasteiger charge is 2.20. The van der Waals surface area contributed by atoms with E-state index in [2.05, 4.69) is 43.5 Å². The van der Waals surface area contributed by atoms with Crippen LogP contribution in [-0.4, -0.2) is 47.4 Å². The Kier molecular flexibility index (Phi) is 69.4. The molecule has 6 nitrogen and oxygen atoms in total. The van der Waals surface area contributed by atoms with Gasteiger partial charge in [-0.25, -0.2) is 0 Å². The molecule has 0 heterocycles. The second-order valence-electron chi connectivity index (χ2n) is 25.6. The van der Waals surface area contributed by atoms with Crippen molar-refractivity contribution in [2.24, 2.45) is 0 Å². The number of aliphatic hydroxyl groups is 2. The van der Waals surface area contributed by atoms with E-state index in [-0.39, 0.29) is 18.5 Å². The van der Waals surface area contributed by atoms with E-state index in [1.165, 1.54) is 340 Å². The Labute approximate surface area is 507 Å². The number of hydrogen-bond donors (Lipinski definition) is 3. The lowest BCUT2D eigenvalue weighted by atomic mass is 10.0. The number of rotatable bonds is 70. The molecule has 0 spiro atoms. The van der Waals surface area contributed by atoms with E-state index in [1.54, 1.807) is 0 Å². The summed E-state index contributed by atoms with van der Waals surface area (Å²) in [5, 5.41) is 23.5. The second-order valence-corrected chi connectivity index (χ2v) is 25.6. The maximum Gasteiger partial charge on any atom is 0.305 e. The van der Waals surface area contributed by atoms with Crippen LogP contribution < -0.4 is 5.32 Å². The molecule has 0 rings (SSSR count). The van der Waals surface area contributed by atoms with E-state index in [0.717, 1.165) is 44.9 Å². The Morgan fingerprint density at radius 2 is 0.580 bits per heavy atom. The van der Waals surface area contributed by atoms with Crippen molar-refractivity contribution < 1.29 is 24.5 Å². The van der Waals surface area contributed by atoms with Gasteiger partial charge in [0.15, 0.2) is 0 Å². The molecule has 0 saturated carbocycles. The summed E-state index contributed by atoms with van der Waals surface area (Å²) in [4.78, 5) is 24.6. The minimum Gasteiger partial charge on any atom is -0.466 e. The number of carbonyl (C=O) groups excluding carboxylic acids is 2. The van der Waals surface area contributed by atoms with E-state index in [0.29, 0.717) is 25.9 Å². The van der Waals surface area contributed by atoms with Crippen molar-refractivity contribution in [3.63, 3.8) is 0 Å². The van der Waals surface area contributed by atoms with Crippen LogP contribution in [0.5, 0.6) is 0 Å². The van der Waals surface area contributed by atoms with Crippen LogP contribution in [0.25, 0.3) is 0 Å². The first-order valence-corrected chi connectivity index (χ1v) is 37.1. The highest BCUT2D eigenvalue weighted by molar-refractivity contribution is 5.76. The molecule has 0 fully saturated rings. The quantitative estimate of drug-likeness (QED) is 0.0320. The van der Waals surface area contributed by atoms with Gasteiger partial charge in [-0.1, -0.05) is 353 Å². The first-order chi connectivity index (χ1) is 40.0. The Balaban J connectivity index is 3.40. The number of nitrogens with one attached hydrogen (secondary N) is 1. The van der Waals surface area contributed by atoms with Gasteiger partial charge >= 0.3 is 5.97 Å². The van der Waals surface area contributed by atoms with Crippen molar-refractivity contribution in [2.45, 2.75) is 431 Å². The maximum atomic E-state index is 12.6. The second kappa shape index (κ2) is 70.8. The van der Waals surface area contributed by atoms with Crippen LogP contribution >= 0.6 is 0 Å². The third-order valence-electron chi connectivity index (χ3n) is 17.5. The third-order valence-corrected chi connectivity index (χ3v) is 17.5. The molecule has 2 atom stereocenters. The molecule has 0 aromatic rings. The molecular formula is C75H145NO5. The van der Waals surface area contributed by atoms with Gasteiger partial charge in [0.2, 0.25) is 5.91 Å². The van der Waals surface area contributed by atoms with Gasteiger partial charge in [0.25, 0.3) is 0 Å². The summed E-state index contributed by atoms with van der Waals surface area (Å²) < 4.78 is 5.49. The summed E-state index contributed by atoms with van der Waals surface area (Å²) in [6.45, 7) is 4.98. The molecular weight excluding hydrogens is 995 g/mol. The summed E-state index contributed by atoms with van der Waals surface area (Å²) in [7, 11) is 0. The molecule has 0 saturated heterocycles. The summed E-state index contributed by atoms with van der Waals surface area (Å²) in [5.41, 5.74) is 0. The average molecular weight is 1140 g/mol. The molecule has 0 aliphatic heterocycles. The summed E-state index contributed by atoms with van der Waals surface area (Å²) >= 11 is 0. The van der Waals surface area contributed by atoms with Crippen molar-refractivity contribution >= 4 is 11.9 Å². The highest BCUT2D eigenvalue weighted by atomic mass is 16.5. The van der Waals surface area contributed by atoms with Gasteiger partial charge in [-0.2, -0.15) is 0 Å². The fraction of sp³-hybridized carbons (Fsp3) is 0.920. The molecule has 6 heteroatoms. The zero-order chi connectivity index (χ0) is 58.5. The zero-order valence-corrected chi connectivity index (χ0v) is 55.0. The van der Waals surface area contributed by atoms with Crippen molar-refractivity contribution in [2.75, 3.05) is 13.2 Å². The molecule has 1 amide bonds. The number of carbonyl (C=O) groups is 2. The number of aliphatic hydroxyl groups excluding tert-OH is 2. The van der Waals surface area contributed by atoms with Gasteiger partial charge in [-0.3, -0.25) is 9.59 Å². The van der Waals surface area contributed by atoms with E-state index < -0.39 is 12.1 Å². The maximum absolute atomic E-state index is 12.6. The smallest absolute Gasteiger partial charge is 0.305 e. The topological polar surface area (TPSA) is 95.9 Å². The molecule has 81 heavy (non-hydrogen) atoms. The fourth-order valence-corrected chi connectivity index (χ4v) is 11.8. The summed E-state index contributed by atoms with van der Waals surface area (Å²) in [5.74, 6) is -0.0270. The van der Waals surface area contributed by atoms with E-state index >= 15 is 0 Å². The fourth-order valence-electron chi connectivity index (χ4n) is 11.8. The van der Waals surface area contributed by atoms with Crippen molar-refractivity contribution in [1.82, 2.24) is 5.32 Å². The SMILES string of the molecule is CCCCCCC/C=C\CCCCCCCC(=O)OCCCCCCCCCCCCCC/C=C\CCCCCCCCCCCC(=O)NC(CO)C(O)CCCCCCCCCCCCCCCCCCCCCCCCCCC. The Hall–Kier alpha value is -1.66. The Morgan fingerprint density at radius 1 is 0.333 bits per heavy atom. The van der Waals surface area contributed by atoms with Crippen LogP contribution in [0.3, 0.4) is 0 Å². The Morgan fingerprint density at radius 3 is 0.877 bits per heavy atom. The molecule has 3 N–H and O–H groups in total. The average Bonchev–Trinajstić information content (AvgIpc) is 3.47. The summed E-state index contributed by atoms with van der Waals surface area (Å²) in [6, 6.07) is -0.545. The predicted octanol–water partition coefficient (Wildman–Crippen LogP) is 24.1. The number of amides is 1. The molecule has 0 aliphatic rings. The first-order valence-electron chi connectivity index (χ1n) is 37.1. The van der Waals surface area contributed by atoms with Crippen molar-refractivity contribution in [1.29, 1.82) is 0 Å². The first kappa shape index (κ1) is 79.3.